The lowest BCUT2D eigenvalue weighted by Gasteiger charge is -2.09. The average Bonchev–Trinajstić information content (AvgIpc) is 2.86. The topological polar surface area (TPSA) is 64.0 Å². The molecule has 1 N–H and O–H groups in total. The van der Waals surface area contributed by atoms with Gasteiger partial charge in [0.15, 0.2) is 0 Å². The lowest BCUT2D eigenvalue weighted by molar-refractivity contribution is 0.573. The molecule has 0 spiro atoms. The Balaban J connectivity index is 1.75. The summed E-state index contributed by atoms with van der Waals surface area (Å²) in [6, 6.07) is 11.8. The molecule has 0 bridgehead atoms. The Morgan fingerprint density at radius 1 is 1.17 bits per heavy atom. The van der Waals surface area contributed by atoms with Gasteiger partial charge in [0.25, 0.3) is 0 Å². The van der Waals surface area contributed by atoms with Gasteiger partial charge in [-0.3, -0.25) is 0 Å². The lowest BCUT2D eigenvalue weighted by atomic mass is 10.2. The molecule has 0 radical (unpaired) electrons. The Labute approximate surface area is 140 Å². The summed E-state index contributed by atoms with van der Waals surface area (Å²) in [5.74, 6) is 0.253. The van der Waals surface area contributed by atoms with E-state index in [0.29, 0.717) is 6.42 Å². The highest BCUT2D eigenvalue weighted by Gasteiger charge is 2.18. The van der Waals surface area contributed by atoms with Crippen LogP contribution in [0.2, 0.25) is 0 Å². The van der Waals surface area contributed by atoms with Crippen molar-refractivity contribution in [2.75, 3.05) is 6.54 Å². The molecule has 3 rings (SSSR count). The largest absolute Gasteiger partial charge is 0.331 e. The molecular weight excluding hydrogens is 329 g/mol. The second-order valence-corrected chi connectivity index (χ2v) is 7.32. The van der Waals surface area contributed by atoms with E-state index in [4.69, 9.17) is 0 Å². The fraction of sp³-hybridized carbons (Fsp3) is 0.235. The van der Waals surface area contributed by atoms with Gasteiger partial charge in [0, 0.05) is 25.6 Å². The van der Waals surface area contributed by atoms with Crippen molar-refractivity contribution in [1.29, 1.82) is 0 Å². The first-order chi connectivity index (χ1) is 11.4. The number of nitrogens with one attached hydrogen (secondary N) is 1. The quantitative estimate of drug-likeness (QED) is 0.771. The molecule has 0 saturated carbocycles. The molecule has 0 aliphatic heterocycles. The lowest BCUT2D eigenvalue weighted by Crippen LogP contribution is -2.27. The number of hydrogen-bond donors (Lipinski definition) is 1. The van der Waals surface area contributed by atoms with E-state index in [0.717, 1.165) is 16.9 Å². The van der Waals surface area contributed by atoms with Crippen LogP contribution < -0.4 is 4.72 Å². The number of halogens is 1. The molecule has 0 amide bonds. The Morgan fingerprint density at radius 3 is 2.67 bits per heavy atom. The third kappa shape index (κ3) is 3.05. The van der Waals surface area contributed by atoms with Gasteiger partial charge >= 0.3 is 0 Å². The first-order valence-electron chi connectivity index (χ1n) is 7.55. The smallest absolute Gasteiger partial charge is 0.240 e. The Kier molecular flexibility index (Phi) is 4.38. The first kappa shape index (κ1) is 16.6. The molecule has 0 fully saturated rings. The highest BCUT2D eigenvalue weighted by molar-refractivity contribution is 7.89. The number of imidazole rings is 1. The van der Waals surface area contributed by atoms with Crippen molar-refractivity contribution < 1.29 is 12.8 Å². The van der Waals surface area contributed by atoms with E-state index < -0.39 is 15.8 Å². The maximum atomic E-state index is 13.6. The van der Waals surface area contributed by atoms with Crippen LogP contribution in [0.15, 0.2) is 47.4 Å². The molecule has 0 unspecified atom stereocenters. The fourth-order valence-electron chi connectivity index (χ4n) is 2.67. The number of hydrogen-bond acceptors (Lipinski definition) is 3. The zero-order valence-electron chi connectivity index (χ0n) is 13.5. The van der Waals surface area contributed by atoms with Crippen LogP contribution in [0.4, 0.5) is 4.39 Å². The summed E-state index contributed by atoms with van der Waals surface area (Å²) in [5, 5.41) is 0. The molecule has 24 heavy (non-hydrogen) atoms. The van der Waals surface area contributed by atoms with E-state index in [9.17, 15) is 12.8 Å². The van der Waals surface area contributed by atoms with Crippen molar-refractivity contribution in [2.24, 2.45) is 7.05 Å². The van der Waals surface area contributed by atoms with E-state index in [-0.39, 0.29) is 17.0 Å². The summed E-state index contributed by atoms with van der Waals surface area (Å²) >= 11 is 0. The van der Waals surface area contributed by atoms with Crippen LogP contribution in [0.25, 0.3) is 11.0 Å². The number of para-hydroxylation sites is 2. The van der Waals surface area contributed by atoms with Crippen LogP contribution >= 0.6 is 0 Å². The third-order valence-corrected chi connectivity index (χ3v) is 5.63. The summed E-state index contributed by atoms with van der Waals surface area (Å²) in [5.41, 5.74) is 1.99. The van der Waals surface area contributed by atoms with E-state index in [1.165, 1.54) is 25.1 Å². The van der Waals surface area contributed by atoms with E-state index >= 15 is 0 Å². The van der Waals surface area contributed by atoms with Gasteiger partial charge in [-0.1, -0.05) is 18.2 Å². The van der Waals surface area contributed by atoms with Gasteiger partial charge in [-0.25, -0.2) is 22.5 Å². The van der Waals surface area contributed by atoms with E-state index in [1.54, 1.807) is 0 Å². The summed E-state index contributed by atoms with van der Waals surface area (Å²) in [6.45, 7) is 1.64. The third-order valence-electron chi connectivity index (χ3n) is 4.03. The predicted molar refractivity (Wildman–Crippen MR) is 90.7 cm³/mol. The normalized spacial score (nSPS) is 12.0. The van der Waals surface area contributed by atoms with Crippen molar-refractivity contribution in [1.82, 2.24) is 14.3 Å². The minimum absolute atomic E-state index is 0.0347. The standard InChI is InChI=1S/C17H18FN3O2S/c1-12-13(18)6-5-9-16(12)24(22,23)19-11-10-17-20-14-7-3-4-8-15(14)21(17)2/h3-9,19H,10-11H2,1-2H3. The minimum Gasteiger partial charge on any atom is -0.331 e. The zero-order chi connectivity index (χ0) is 17.3. The maximum absolute atomic E-state index is 13.6. The van der Waals surface area contributed by atoms with Gasteiger partial charge in [0.05, 0.1) is 15.9 Å². The maximum Gasteiger partial charge on any atom is 0.240 e. The number of rotatable bonds is 5. The van der Waals surface area contributed by atoms with Crippen molar-refractivity contribution in [3.63, 3.8) is 0 Å². The summed E-state index contributed by atoms with van der Waals surface area (Å²) in [6.07, 6.45) is 0.443. The molecule has 0 atom stereocenters. The molecule has 7 heteroatoms. The van der Waals surface area contributed by atoms with Gasteiger partial charge in [-0.2, -0.15) is 0 Å². The van der Waals surface area contributed by atoms with Crippen LogP contribution in [0.5, 0.6) is 0 Å². The Morgan fingerprint density at radius 2 is 1.92 bits per heavy atom. The number of sulfonamides is 1. The van der Waals surface area contributed by atoms with Gasteiger partial charge < -0.3 is 4.57 Å². The summed E-state index contributed by atoms with van der Waals surface area (Å²) in [4.78, 5) is 4.47. The number of fused-ring (bicyclic) bond motifs is 1. The van der Waals surface area contributed by atoms with Crippen LogP contribution in [-0.2, 0) is 23.5 Å². The fourth-order valence-corrected chi connectivity index (χ4v) is 3.96. The monoisotopic (exact) mass is 347 g/mol. The predicted octanol–water partition coefficient (Wildman–Crippen LogP) is 2.54. The molecule has 2 aromatic carbocycles. The van der Waals surface area contributed by atoms with Crippen molar-refractivity contribution in [3.8, 4) is 0 Å². The molecule has 1 heterocycles. The van der Waals surface area contributed by atoms with Crippen LogP contribution in [-0.4, -0.2) is 24.5 Å². The van der Waals surface area contributed by atoms with Crippen molar-refractivity contribution in [2.45, 2.75) is 18.2 Å². The summed E-state index contributed by atoms with van der Waals surface area (Å²) in [7, 11) is -1.85. The Bertz CT molecular complexity index is 996. The van der Waals surface area contributed by atoms with Crippen LogP contribution in [0, 0.1) is 12.7 Å². The molecule has 1 aromatic heterocycles. The van der Waals surface area contributed by atoms with Gasteiger partial charge in [0.2, 0.25) is 10.0 Å². The SMILES string of the molecule is Cc1c(F)cccc1S(=O)(=O)NCCc1nc2ccccc2n1C. The summed E-state index contributed by atoms with van der Waals surface area (Å²) < 4.78 is 42.7. The number of benzene rings is 2. The second kappa shape index (κ2) is 6.33. The number of aromatic nitrogens is 2. The van der Waals surface area contributed by atoms with E-state index in [1.807, 2.05) is 35.9 Å². The molecule has 126 valence electrons. The van der Waals surface area contributed by atoms with Crippen molar-refractivity contribution in [3.05, 3.63) is 59.7 Å². The van der Waals surface area contributed by atoms with Gasteiger partial charge in [-0.15, -0.1) is 0 Å². The van der Waals surface area contributed by atoms with Crippen LogP contribution in [0.3, 0.4) is 0 Å². The molecule has 0 aliphatic rings. The Hall–Kier alpha value is -2.25. The van der Waals surface area contributed by atoms with Gasteiger partial charge in [-0.05, 0) is 31.2 Å². The molecular formula is C17H18FN3O2S. The number of aryl methyl sites for hydroxylation is 1. The zero-order valence-corrected chi connectivity index (χ0v) is 14.3. The first-order valence-corrected chi connectivity index (χ1v) is 9.03. The molecule has 3 aromatic rings. The molecule has 5 nitrogen and oxygen atoms in total. The van der Waals surface area contributed by atoms with E-state index in [2.05, 4.69) is 9.71 Å². The highest BCUT2D eigenvalue weighted by atomic mass is 32.2. The van der Waals surface area contributed by atoms with Gasteiger partial charge in [0.1, 0.15) is 11.6 Å². The highest BCUT2D eigenvalue weighted by Crippen LogP contribution is 2.18. The number of nitrogens with zero attached hydrogens (tertiary/aromatic N) is 2. The molecule has 0 saturated heterocycles. The molecule has 0 aliphatic carbocycles. The van der Waals surface area contributed by atoms with Crippen molar-refractivity contribution >= 4 is 21.1 Å². The van der Waals surface area contributed by atoms with Crippen LogP contribution in [0.1, 0.15) is 11.4 Å². The second-order valence-electron chi connectivity index (χ2n) is 5.59. The minimum atomic E-state index is -3.75. The average molecular weight is 347 g/mol.